The van der Waals surface area contributed by atoms with Gasteiger partial charge in [0.05, 0.1) is 6.10 Å². The van der Waals surface area contributed by atoms with Crippen LogP contribution >= 0.6 is 0 Å². The van der Waals surface area contributed by atoms with Crippen molar-refractivity contribution in [3.8, 4) is 0 Å². The molecule has 124 valence electrons. The molecule has 0 amide bonds. The maximum Gasteiger partial charge on any atom is 0.146 e. The van der Waals surface area contributed by atoms with Gasteiger partial charge in [-0.05, 0) is 37.0 Å². The second kappa shape index (κ2) is 8.95. The van der Waals surface area contributed by atoms with Crippen molar-refractivity contribution >= 4 is 0 Å². The van der Waals surface area contributed by atoms with Gasteiger partial charge in [-0.25, -0.2) is 0 Å². The summed E-state index contributed by atoms with van der Waals surface area (Å²) < 4.78 is 11.1. The summed E-state index contributed by atoms with van der Waals surface area (Å²) in [4.78, 5) is 0. The molecule has 1 aliphatic carbocycles. The Hall–Kier alpha value is -0.340. The van der Waals surface area contributed by atoms with E-state index in [0.717, 1.165) is 30.6 Å². The van der Waals surface area contributed by atoms with E-state index in [1.165, 1.54) is 25.7 Å². The number of methoxy groups -OCH3 is 1. The Kier molecular flexibility index (Phi) is 7.97. The lowest BCUT2D eigenvalue weighted by atomic mass is 9.69. The molecule has 0 spiro atoms. The Labute approximate surface area is 132 Å². The van der Waals surface area contributed by atoms with Gasteiger partial charge in [-0.2, -0.15) is 0 Å². The normalized spacial score (nSPS) is 30.8. The number of hydrogen-bond donors (Lipinski definition) is 0. The van der Waals surface area contributed by atoms with E-state index in [1.807, 2.05) is 0 Å². The summed E-state index contributed by atoms with van der Waals surface area (Å²) in [5, 5.41) is 0. The first-order chi connectivity index (χ1) is 9.95. The van der Waals surface area contributed by atoms with Gasteiger partial charge in [0.1, 0.15) is 6.79 Å². The Morgan fingerprint density at radius 1 is 1.24 bits per heavy atom. The number of hydrogen-bond acceptors (Lipinski definition) is 2. The zero-order valence-electron chi connectivity index (χ0n) is 14.9. The molecule has 1 rings (SSSR count). The van der Waals surface area contributed by atoms with Gasteiger partial charge < -0.3 is 9.47 Å². The van der Waals surface area contributed by atoms with E-state index in [4.69, 9.17) is 9.47 Å². The largest absolute Gasteiger partial charge is 0.359 e. The Bertz CT molecular complexity index is 300. The fourth-order valence-corrected chi connectivity index (χ4v) is 4.23. The number of ether oxygens (including phenoxy) is 2. The molecule has 1 saturated carbocycles. The predicted molar refractivity (Wildman–Crippen MR) is 90.2 cm³/mol. The summed E-state index contributed by atoms with van der Waals surface area (Å²) in [6.07, 6.45) is 9.90. The van der Waals surface area contributed by atoms with E-state index in [-0.39, 0.29) is 5.41 Å². The highest BCUT2D eigenvalue weighted by Gasteiger charge is 2.48. The van der Waals surface area contributed by atoms with Gasteiger partial charge in [0, 0.05) is 12.5 Å². The SMILES string of the molecule is C=CC[C@@]1(C)C(OCOC)CC[C@@H]1[C@H](C)CCCC(C)C. The molecule has 0 aromatic heterocycles. The molecule has 1 fully saturated rings. The molecule has 0 radical (unpaired) electrons. The zero-order valence-corrected chi connectivity index (χ0v) is 14.9. The maximum atomic E-state index is 5.97. The molecule has 1 unspecified atom stereocenters. The summed E-state index contributed by atoms with van der Waals surface area (Å²) in [5.74, 6) is 2.33. The molecule has 0 aromatic rings. The minimum absolute atomic E-state index is 0.220. The smallest absolute Gasteiger partial charge is 0.146 e. The Balaban J connectivity index is 2.64. The van der Waals surface area contributed by atoms with Gasteiger partial charge in [-0.3, -0.25) is 0 Å². The molecule has 0 aromatic carbocycles. The molecule has 0 aliphatic heterocycles. The first kappa shape index (κ1) is 18.7. The molecule has 4 atom stereocenters. The maximum absolute atomic E-state index is 5.97. The first-order valence-electron chi connectivity index (χ1n) is 8.67. The molecule has 1 aliphatic rings. The predicted octanol–water partition coefficient (Wildman–Crippen LogP) is 5.43. The number of allylic oxidation sites excluding steroid dienone is 1. The van der Waals surface area contributed by atoms with Crippen molar-refractivity contribution in [2.75, 3.05) is 13.9 Å². The van der Waals surface area contributed by atoms with Gasteiger partial charge in [0.15, 0.2) is 0 Å². The molecular weight excluding hydrogens is 260 g/mol. The van der Waals surface area contributed by atoms with Crippen LogP contribution in [0, 0.1) is 23.2 Å². The van der Waals surface area contributed by atoms with Crippen molar-refractivity contribution in [2.45, 2.75) is 72.3 Å². The van der Waals surface area contributed by atoms with Crippen molar-refractivity contribution in [3.63, 3.8) is 0 Å². The monoisotopic (exact) mass is 296 g/mol. The lowest BCUT2D eigenvalue weighted by Gasteiger charge is -2.39. The fourth-order valence-electron chi connectivity index (χ4n) is 4.23. The topological polar surface area (TPSA) is 18.5 Å². The van der Waals surface area contributed by atoms with Crippen molar-refractivity contribution in [3.05, 3.63) is 12.7 Å². The van der Waals surface area contributed by atoms with Gasteiger partial charge in [-0.1, -0.05) is 53.0 Å². The van der Waals surface area contributed by atoms with Gasteiger partial charge in [0.2, 0.25) is 0 Å². The van der Waals surface area contributed by atoms with Crippen LogP contribution in [0.4, 0.5) is 0 Å². The second-order valence-electron chi connectivity index (χ2n) is 7.55. The Morgan fingerprint density at radius 3 is 2.52 bits per heavy atom. The summed E-state index contributed by atoms with van der Waals surface area (Å²) in [6.45, 7) is 13.8. The first-order valence-corrected chi connectivity index (χ1v) is 8.67. The fraction of sp³-hybridized carbons (Fsp3) is 0.895. The van der Waals surface area contributed by atoms with E-state index in [0.29, 0.717) is 12.9 Å². The highest BCUT2D eigenvalue weighted by Crippen LogP contribution is 2.51. The molecule has 2 nitrogen and oxygen atoms in total. The third kappa shape index (κ3) is 5.10. The summed E-state index contributed by atoms with van der Waals surface area (Å²) in [6, 6.07) is 0. The van der Waals surface area contributed by atoms with Crippen LogP contribution in [0.2, 0.25) is 0 Å². The zero-order chi connectivity index (χ0) is 15.9. The molecule has 0 heterocycles. The standard InChI is InChI=1S/C19H36O2/c1-7-13-19(5)17(11-12-18(19)21-14-20-6)16(4)10-8-9-15(2)3/h7,15-18H,1,8-14H2,2-6H3/t16-,17-,18?,19-/m1/s1. The Morgan fingerprint density at radius 2 is 1.95 bits per heavy atom. The van der Waals surface area contributed by atoms with Crippen LogP contribution in [0.15, 0.2) is 12.7 Å². The van der Waals surface area contributed by atoms with Crippen molar-refractivity contribution in [2.24, 2.45) is 23.2 Å². The lowest BCUT2D eigenvalue weighted by molar-refractivity contribution is -0.113. The number of rotatable bonds is 10. The van der Waals surface area contributed by atoms with E-state index in [9.17, 15) is 0 Å². The highest BCUT2D eigenvalue weighted by atomic mass is 16.7. The van der Waals surface area contributed by atoms with Crippen LogP contribution in [0.5, 0.6) is 0 Å². The van der Waals surface area contributed by atoms with Gasteiger partial charge >= 0.3 is 0 Å². The van der Waals surface area contributed by atoms with E-state index < -0.39 is 0 Å². The van der Waals surface area contributed by atoms with E-state index in [1.54, 1.807) is 7.11 Å². The molecular formula is C19H36O2. The molecule has 0 N–H and O–H groups in total. The third-order valence-electron chi connectivity index (χ3n) is 5.42. The lowest BCUT2D eigenvalue weighted by Crippen LogP contribution is -2.37. The average molecular weight is 296 g/mol. The van der Waals surface area contributed by atoms with Crippen LogP contribution in [-0.4, -0.2) is 20.0 Å². The molecule has 0 saturated heterocycles. The van der Waals surface area contributed by atoms with E-state index >= 15 is 0 Å². The average Bonchev–Trinajstić information content (AvgIpc) is 2.73. The minimum Gasteiger partial charge on any atom is -0.359 e. The molecule has 0 bridgehead atoms. The van der Waals surface area contributed by atoms with Crippen molar-refractivity contribution < 1.29 is 9.47 Å². The van der Waals surface area contributed by atoms with Crippen LogP contribution in [0.1, 0.15) is 66.2 Å². The summed E-state index contributed by atoms with van der Waals surface area (Å²) in [5.41, 5.74) is 0.220. The summed E-state index contributed by atoms with van der Waals surface area (Å²) >= 11 is 0. The van der Waals surface area contributed by atoms with Crippen LogP contribution in [0.25, 0.3) is 0 Å². The van der Waals surface area contributed by atoms with E-state index in [2.05, 4.69) is 40.3 Å². The third-order valence-corrected chi connectivity index (χ3v) is 5.42. The second-order valence-corrected chi connectivity index (χ2v) is 7.55. The van der Waals surface area contributed by atoms with Crippen LogP contribution < -0.4 is 0 Å². The highest BCUT2D eigenvalue weighted by molar-refractivity contribution is 5.00. The van der Waals surface area contributed by atoms with Crippen molar-refractivity contribution in [1.82, 2.24) is 0 Å². The quantitative estimate of drug-likeness (QED) is 0.395. The van der Waals surface area contributed by atoms with Crippen LogP contribution in [0.3, 0.4) is 0 Å². The minimum atomic E-state index is 0.220. The van der Waals surface area contributed by atoms with Crippen LogP contribution in [-0.2, 0) is 9.47 Å². The molecule has 21 heavy (non-hydrogen) atoms. The van der Waals surface area contributed by atoms with Gasteiger partial charge in [0.25, 0.3) is 0 Å². The molecule has 2 heteroatoms. The summed E-state index contributed by atoms with van der Waals surface area (Å²) in [7, 11) is 1.70. The van der Waals surface area contributed by atoms with Crippen molar-refractivity contribution in [1.29, 1.82) is 0 Å². The van der Waals surface area contributed by atoms with Gasteiger partial charge in [-0.15, -0.1) is 6.58 Å².